The Hall–Kier alpha value is -1.50. The minimum Gasteiger partial charge on any atom is -0.497 e. The fraction of sp³-hybridized carbons (Fsp3) is 0.600. The molecule has 0 N–H and O–H groups in total. The predicted molar refractivity (Wildman–Crippen MR) is 76.4 cm³/mol. The highest BCUT2D eigenvalue weighted by Crippen LogP contribution is 2.31. The molecule has 1 aromatic carbocycles. The van der Waals surface area contributed by atoms with Crippen LogP contribution in [0.15, 0.2) is 18.2 Å². The first kappa shape index (κ1) is 15.9. The summed E-state index contributed by atoms with van der Waals surface area (Å²) in [6.07, 6.45) is 0. The standard InChI is InChI=1S/C15H22O6/c1-16-13-2-3-14-15(12-13)21-11-9-19-7-5-17-4-6-18-8-10-20-14/h2-3,12H,4-11H2,1H3. The van der Waals surface area contributed by atoms with Crippen molar-refractivity contribution in [1.29, 1.82) is 0 Å². The van der Waals surface area contributed by atoms with Crippen LogP contribution in [-0.4, -0.2) is 60.0 Å². The van der Waals surface area contributed by atoms with Crippen LogP contribution >= 0.6 is 0 Å². The van der Waals surface area contributed by atoms with Gasteiger partial charge < -0.3 is 28.4 Å². The Kier molecular flexibility index (Phi) is 7.14. The Bertz CT molecular complexity index is 409. The minimum absolute atomic E-state index is 0.444. The van der Waals surface area contributed by atoms with Crippen LogP contribution in [0.3, 0.4) is 0 Å². The van der Waals surface area contributed by atoms with E-state index in [2.05, 4.69) is 0 Å². The molecule has 1 heterocycles. The van der Waals surface area contributed by atoms with Gasteiger partial charge in [-0.3, -0.25) is 0 Å². The lowest BCUT2D eigenvalue weighted by atomic mass is 10.3. The zero-order valence-electron chi connectivity index (χ0n) is 12.3. The third-order valence-electron chi connectivity index (χ3n) is 2.87. The van der Waals surface area contributed by atoms with Crippen LogP contribution in [0.2, 0.25) is 0 Å². The molecule has 1 aliphatic heterocycles. The van der Waals surface area contributed by atoms with Gasteiger partial charge in [0.1, 0.15) is 19.0 Å². The zero-order chi connectivity index (χ0) is 14.8. The Balaban J connectivity index is 1.96. The van der Waals surface area contributed by atoms with E-state index in [0.29, 0.717) is 64.4 Å². The summed E-state index contributed by atoms with van der Waals surface area (Å²) >= 11 is 0. The number of benzene rings is 1. The lowest BCUT2D eigenvalue weighted by Gasteiger charge is -2.14. The Labute approximate surface area is 124 Å². The molecule has 6 nitrogen and oxygen atoms in total. The molecule has 1 aromatic rings. The first-order valence-corrected chi connectivity index (χ1v) is 7.07. The Morgan fingerprint density at radius 3 is 1.81 bits per heavy atom. The van der Waals surface area contributed by atoms with E-state index in [-0.39, 0.29) is 0 Å². The van der Waals surface area contributed by atoms with Gasteiger partial charge in [-0.2, -0.15) is 0 Å². The minimum atomic E-state index is 0.444. The van der Waals surface area contributed by atoms with Gasteiger partial charge in [0.15, 0.2) is 11.5 Å². The summed E-state index contributed by atoms with van der Waals surface area (Å²) in [5, 5.41) is 0. The van der Waals surface area contributed by atoms with Crippen molar-refractivity contribution in [3.63, 3.8) is 0 Å². The first-order chi connectivity index (χ1) is 10.4. The molecule has 0 atom stereocenters. The van der Waals surface area contributed by atoms with Crippen LogP contribution in [-0.2, 0) is 14.2 Å². The lowest BCUT2D eigenvalue weighted by molar-refractivity contribution is 0.00708. The molecule has 0 fully saturated rings. The van der Waals surface area contributed by atoms with E-state index in [4.69, 9.17) is 28.4 Å². The molecule has 21 heavy (non-hydrogen) atoms. The van der Waals surface area contributed by atoms with Crippen LogP contribution in [0, 0.1) is 0 Å². The molecule has 2 rings (SSSR count). The molecule has 0 aliphatic carbocycles. The summed E-state index contributed by atoms with van der Waals surface area (Å²) in [4.78, 5) is 0. The monoisotopic (exact) mass is 298 g/mol. The van der Waals surface area contributed by atoms with E-state index in [1.807, 2.05) is 12.1 Å². The van der Waals surface area contributed by atoms with E-state index in [9.17, 15) is 0 Å². The highest BCUT2D eigenvalue weighted by atomic mass is 16.6. The Morgan fingerprint density at radius 2 is 1.24 bits per heavy atom. The molecule has 0 spiro atoms. The second-order valence-electron chi connectivity index (χ2n) is 4.35. The Morgan fingerprint density at radius 1 is 0.714 bits per heavy atom. The van der Waals surface area contributed by atoms with Gasteiger partial charge in [0.25, 0.3) is 0 Å². The van der Waals surface area contributed by atoms with Gasteiger partial charge in [-0.05, 0) is 12.1 Å². The van der Waals surface area contributed by atoms with Crippen LogP contribution < -0.4 is 14.2 Å². The van der Waals surface area contributed by atoms with Crippen molar-refractivity contribution in [3.05, 3.63) is 18.2 Å². The van der Waals surface area contributed by atoms with E-state index in [0.717, 1.165) is 5.75 Å². The number of hydrogen-bond acceptors (Lipinski definition) is 6. The summed E-state index contributed by atoms with van der Waals surface area (Å²) < 4.78 is 32.8. The normalized spacial score (nSPS) is 18.3. The topological polar surface area (TPSA) is 55.4 Å². The van der Waals surface area contributed by atoms with Crippen LogP contribution in [0.25, 0.3) is 0 Å². The fourth-order valence-electron chi connectivity index (χ4n) is 1.81. The molecule has 0 bridgehead atoms. The maximum absolute atomic E-state index is 5.69. The average molecular weight is 298 g/mol. The van der Waals surface area contributed by atoms with Crippen molar-refractivity contribution < 1.29 is 28.4 Å². The molecule has 0 aromatic heterocycles. The summed E-state index contributed by atoms with van der Waals surface area (Å²) in [5.41, 5.74) is 0. The van der Waals surface area contributed by atoms with Crippen LogP contribution in [0.1, 0.15) is 0 Å². The van der Waals surface area contributed by atoms with E-state index in [1.165, 1.54) is 0 Å². The molecule has 1 aliphatic rings. The van der Waals surface area contributed by atoms with E-state index in [1.54, 1.807) is 13.2 Å². The molecular weight excluding hydrogens is 276 g/mol. The molecule has 0 radical (unpaired) electrons. The van der Waals surface area contributed by atoms with Crippen molar-refractivity contribution in [2.75, 3.05) is 60.0 Å². The maximum Gasteiger partial charge on any atom is 0.164 e. The summed E-state index contributed by atoms with van der Waals surface area (Å²) in [7, 11) is 1.62. The highest BCUT2D eigenvalue weighted by molar-refractivity contribution is 5.45. The third-order valence-corrected chi connectivity index (χ3v) is 2.87. The molecule has 0 saturated heterocycles. The number of hydrogen-bond donors (Lipinski definition) is 0. The van der Waals surface area contributed by atoms with Crippen molar-refractivity contribution in [1.82, 2.24) is 0 Å². The summed E-state index contributed by atoms with van der Waals surface area (Å²) in [5.74, 6) is 2.04. The smallest absolute Gasteiger partial charge is 0.164 e. The molecule has 6 heteroatoms. The third kappa shape index (κ3) is 5.79. The second kappa shape index (κ2) is 9.44. The van der Waals surface area contributed by atoms with Gasteiger partial charge in [-0.15, -0.1) is 0 Å². The fourth-order valence-corrected chi connectivity index (χ4v) is 1.81. The number of fused-ring (bicyclic) bond motifs is 1. The molecule has 0 amide bonds. The summed E-state index contributed by atoms with van der Waals surface area (Å²) in [6, 6.07) is 5.47. The molecular formula is C15H22O6. The average Bonchev–Trinajstić information content (AvgIpc) is 2.52. The maximum atomic E-state index is 5.69. The van der Waals surface area contributed by atoms with Gasteiger partial charge in [0.05, 0.1) is 46.8 Å². The predicted octanol–water partition coefficient (Wildman–Crippen LogP) is 1.52. The van der Waals surface area contributed by atoms with Crippen molar-refractivity contribution in [2.24, 2.45) is 0 Å². The lowest BCUT2D eigenvalue weighted by Crippen LogP contribution is -2.13. The van der Waals surface area contributed by atoms with E-state index >= 15 is 0 Å². The van der Waals surface area contributed by atoms with Crippen LogP contribution in [0.4, 0.5) is 0 Å². The van der Waals surface area contributed by atoms with Crippen molar-refractivity contribution >= 4 is 0 Å². The number of methoxy groups -OCH3 is 1. The number of rotatable bonds is 1. The summed E-state index contributed by atoms with van der Waals surface area (Å²) in [6.45, 7) is 4.12. The van der Waals surface area contributed by atoms with E-state index < -0.39 is 0 Å². The van der Waals surface area contributed by atoms with Crippen LogP contribution in [0.5, 0.6) is 17.2 Å². The van der Waals surface area contributed by atoms with Gasteiger partial charge in [-0.1, -0.05) is 0 Å². The number of ether oxygens (including phenoxy) is 6. The first-order valence-electron chi connectivity index (χ1n) is 7.07. The van der Waals surface area contributed by atoms with Gasteiger partial charge in [0.2, 0.25) is 0 Å². The highest BCUT2D eigenvalue weighted by Gasteiger charge is 2.08. The van der Waals surface area contributed by atoms with Gasteiger partial charge in [-0.25, -0.2) is 0 Å². The SMILES string of the molecule is COc1ccc2c(c1)OCCOCCOCCOCCO2. The van der Waals surface area contributed by atoms with Crippen molar-refractivity contribution in [3.8, 4) is 17.2 Å². The second-order valence-corrected chi connectivity index (χ2v) is 4.35. The zero-order valence-corrected chi connectivity index (χ0v) is 12.3. The van der Waals surface area contributed by atoms with Crippen molar-refractivity contribution in [2.45, 2.75) is 0 Å². The molecule has 0 unspecified atom stereocenters. The van der Waals surface area contributed by atoms with Gasteiger partial charge in [0, 0.05) is 6.07 Å². The molecule has 118 valence electrons. The largest absolute Gasteiger partial charge is 0.497 e. The van der Waals surface area contributed by atoms with Gasteiger partial charge >= 0.3 is 0 Å². The quantitative estimate of drug-likeness (QED) is 0.783. The molecule has 0 saturated carbocycles.